The van der Waals surface area contributed by atoms with Crippen LogP contribution in [-0.2, 0) is 43.3 Å². The molecule has 0 saturated carbocycles. The summed E-state index contributed by atoms with van der Waals surface area (Å²) in [5.41, 5.74) is 33.6. The van der Waals surface area contributed by atoms with Crippen LogP contribution >= 0.6 is 0 Å². The minimum Gasteiger partial charge on any atom is -0.310 e. The Labute approximate surface area is 523 Å². The summed E-state index contributed by atoms with van der Waals surface area (Å²) in [6, 6.07) is 66.6. The van der Waals surface area contributed by atoms with Crippen LogP contribution in [0.1, 0.15) is 208 Å². The number of hydrogen-bond acceptors (Lipinski definition) is 2. The average molecular weight is 1140 g/mol. The van der Waals surface area contributed by atoms with Gasteiger partial charge >= 0.3 is 0 Å². The van der Waals surface area contributed by atoms with E-state index in [0.717, 1.165) is 0 Å². The quantitative estimate of drug-likeness (QED) is 0.159. The molecule has 0 N–H and O–H groups in total. The summed E-state index contributed by atoms with van der Waals surface area (Å²) in [5, 5.41) is 0. The fraction of sp³-hybridized carbons (Fsp3) is 0.357. The topological polar surface area (TPSA) is 6.48 Å². The molecule has 3 heteroatoms. The summed E-state index contributed by atoms with van der Waals surface area (Å²) in [6.45, 7) is 52.6. The molecule has 87 heavy (non-hydrogen) atoms. The summed E-state index contributed by atoms with van der Waals surface area (Å²) in [4.78, 5) is 5.56. The second-order valence-corrected chi connectivity index (χ2v) is 33.7. The van der Waals surface area contributed by atoms with Gasteiger partial charge in [-0.3, -0.25) is 0 Å². The molecule has 0 saturated heterocycles. The number of benzene rings is 9. The van der Waals surface area contributed by atoms with Crippen molar-refractivity contribution in [2.75, 3.05) is 9.80 Å². The van der Waals surface area contributed by atoms with Crippen molar-refractivity contribution in [1.82, 2.24) is 0 Å². The first-order valence-corrected chi connectivity index (χ1v) is 32.4. The predicted octanol–water partition coefficient (Wildman–Crippen LogP) is 21.5. The van der Waals surface area contributed by atoms with Crippen LogP contribution in [0.5, 0.6) is 0 Å². The third kappa shape index (κ3) is 9.32. The second-order valence-electron chi connectivity index (χ2n) is 33.7. The number of nitrogens with zero attached hydrogens (tertiary/aromatic N) is 2. The summed E-state index contributed by atoms with van der Waals surface area (Å²) < 4.78 is 0. The van der Waals surface area contributed by atoms with Crippen molar-refractivity contribution in [2.24, 2.45) is 0 Å². The molecule has 0 atom stereocenters. The summed E-state index contributed by atoms with van der Waals surface area (Å²) in [7, 11) is 0. The van der Waals surface area contributed by atoms with Crippen molar-refractivity contribution in [3.63, 3.8) is 0 Å². The third-order valence-electron chi connectivity index (χ3n) is 20.5. The van der Waals surface area contributed by atoms with Gasteiger partial charge < -0.3 is 9.80 Å². The van der Waals surface area contributed by atoms with Crippen molar-refractivity contribution in [1.29, 1.82) is 0 Å². The SMILES string of the molecule is CC(C)(C)c1cc(-c2cccc3c2N2c4cccc5c4B(c4cccc(c42)C(C)(C)c2cc-3cc(C(C)(C)C)c2)c2cccc3c2N5c2c(-c4cc(C(C)(C)C)cc(C(C)(C)C)c4)cccc2-c2cc(C(C)(C)C)cc(c2)C3(C)C)cc(C(C)(C)C)c1. The van der Waals surface area contributed by atoms with Crippen LogP contribution in [0.15, 0.2) is 164 Å². The minimum absolute atomic E-state index is 0.0776. The van der Waals surface area contributed by atoms with E-state index in [4.69, 9.17) is 0 Å². The molecule has 0 unspecified atom stereocenters. The maximum Gasteiger partial charge on any atom is 0.252 e. The first kappa shape index (κ1) is 58.7. The van der Waals surface area contributed by atoms with Gasteiger partial charge in [0, 0.05) is 55.8 Å². The highest BCUT2D eigenvalue weighted by Gasteiger charge is 2.49. The maximum absolute atomic E-state index is 2.78. The fourth-order valence-electron chi connectivity index (χ4n) is 14.8. The van der Waals surface area contributed by atoms with Gasteiger partial charge in [-0.1, -0.05) is 304 Å². The Kier molecular flexibility index (Phi) is 12.9. The minimum atomic E-state index is -0.398. The molecular weight excluding hydrogens is 1050 g/mol. The van der Waals surface area contributed by atoms with E-state index < -0.39 is 10.8 Å². The summed E-state index contributed by atoms with van der Waals surface area (Å²) >= 11 is 0. The summed E-state index contributed by atoms with van der Waals surface area (Å²) in [5.74, 6) is 0. The normalized spacial score (nSPS) is 15.6. The van der Waals surface area contributed by atoms with E-state index in [1.807, 2.05) is 0 Å². The van der Waals surface area contributed by atoms with Gasteiger partial charge in [-0.05, 0) is 139 Å². The van der Waals surface area contributed by atoms with E-state index in [9.17, 15) is 0 Å². The lowest BCUT2D eigenvalue weighted by Crippen LogP contribution is -2.62. The Morgan fingerprint density at radius 3 is 0.851 bits per heavy atom. The highest BCUT2D eigenvalue weighted by Crippen LogP contribution is 2.58. The Morgan fingerprint density at radius 1 is 0.287 bits per heavy atom. The molecule has 4 heterocycles. The smallest absolute Gasteiger partial charge is 0.252 e. The van der Waals surface area contributed by atoms with E-state index in [2.05, 4.69) is 326 Å². The average Bonchev–Trinajstić information content (AvgIpc) is 1.62. The lowest BCUT2D eigenvalue weighted by molar-refractivity contribution is 0.568. The van der Waals surface area contributed by atoms with Crippen LogP contribution in [0.4, 0.5) is 34.1 Å². The van der Waals surface area contributed by atoms with Crippen LogP contribution < -0.4 is 26.2 Å². The molecule has 4 bridgehead atoms. The Bertz CT molecular complexity index is 4000. The molecule has 13 rings (SSSR count). The van der Waals surface area contributed by atoms with E-state index in [1.165, 1.54) is 151 Å². The highest BCUT2D eigenvalue weighted by atomic mass is 15.2. The van der Waals surface area contributed by atoms with Gasteiger partial charge in [-0.2, -0.15) is 0 Å². The molecule has 442 valence electrons. The standard InChI is InChI=1S/C84H93BN2/c1-77(2,3)54-38-50(39-55(46-54)78(4,5)6)62-28-23-30-64-52-42-58(81(13,14)15)48-60(44-52)83(19,20)66-32-25-34-68-75(66)86(73(62)64)70-36-27-37-71-72(70)85(68)69-35-26-33-67-76(69)87(71)74-63(51-40-56(79(7,8)9)47-57(41-51)80(10,11)12)29-24-31-65(74)53-43-59(82(16,17)18)49-61(45-53)84(67,21)22/h23-49H,1-22H3. The molecule has 0 spiro atoms. The lowest BCUT2D eigenvalue weighted by atomic mass is 9.33. The Morgan fingerprint density at radius 2 is 0.552 bits per heavy atom. The molecule has 9 aromatic carbocycles. The van der Waals surface area contributed by atoms with E-state index in [-0.39, 0.29) is 39.2 Å². The van der Waals surface area contributed by atoms with Gasteiger partial charge in [0.05, 0.1) is 11.4 Å². The molecule has 0 amide bonds. The van der Waals surface area contributed by atoms with E-state index >= 15 is 0 Å². The van der Waals surface area contributed by atoms with Gasteiger partial charge in [0.2, 0.25) is 0 Å². The first-order chi connectivity index (χ1) is 40.4. The van der Waals surface area contributed by atoms with Crippen molar-refractivity contribution in [2.45, 2.75) is 196 Å². The van der Waals surface area contributed by atoms with Crippen molar-refractivity contribution in [3.05, 3.63) is 219 Å². The van der Waals surface area contributed by atoms with E-state index in [1.54, 1.807) is 0 Å². The molecular formula is C84H93BN2. The van der Waals surface area contributed by atoms with Crippen LogP contribution in [0.25, 0.3) is 44.5 Å². The fourth-order valence-corrected chi connectivity index (χ4v) is 14.8. The van der Waals surface area contributed by atoms with Crippen molar-refractivity contribution >= 4 is 57.2 Å². The number of fused-ring (bicyclic) bond motifs is 14. The molecule has 0 fully saturated rings. The number of hydrogen-bond donors (Lipinski definition) is 0. The van der Waals surface area contributed by atoms with Crippen LogP contribution in [0.3, 0.4) is 0 Å². The molecule has 0 aliphatic carbocycles. The molecule has 4 aliphatic heterocycles. The van der Waals surface area contributed by atoms with Gasteiger partial charge in [0.15, 0.2) is 0 Å². The largest absolute Gasteiger partial charge is 0.310 e. The zero-order chi connectivity index (χ0) is 62.4. The van der Waals surface area contributed by atoms with Crippen LogP contribution in [-0.4, -0.2) is 6.71 Å². The number of anilines is 6. The molecule has 2 nitrogen and oxygen atoms in total. The highest BCUT2D eigenvalue weighted by molar-refractivity contribution is 7.00. The molecule has 4 aliphatic rings. The second kappa shape index (κ2) is 19.1. The Hall–Kier alpha value is -7.36. The Balaban J connectivity index is 1.22. The zero-order valence-electron chi connectivity index (χ0n) is 56.6. The van der Waals surface area contributed by atoms with Crippen molar-refractivity contribution < 1.29 is 0 Å². The molecule has 0 aromatic heterocycles. The number of para-hydroxylation sites is 4. The van der Waals surface area contributed by atoms with Crippen LogP contribution in [0.2, 0.25) is 0 Å². The predicted molar refractivity (Wildman–Crippen MR) is 379 cm³/mol. The van der Waals surface area contributed by atoms with Gasteiger partial charge in [0.1, 0.15) is 0 Å². The molecule has 0 radical (unpaired) electrons. The number of rotatable bonds is 2. The first-order valence-electron chi connectivity index (χ1n) is 32.4. The third-order valence-corrected chi connectivity index (χ3v) is 20.5. The zero-order valence-corrected chi connectivity index (χ0v) is 56.6. The monoisotopic (exact) mass is 1140 g/mol. The van der Waals surface area contributed by atoms with Gasteiger partial charge in [-0.25, -0.2) is 0 Å². The van der Waals surface area contributed by atoms with Crippen LogP contribution in [0, 0.1) is 0 Å². The van der Waals surface area contributed by atoms with Gasteiger partial charge in [0.25, 0.3) is 6.71 Å². The lowest BCUT2D eigenvalue weighted by Gasteiger charge is -2.48. The maximum atomic E-state index is 2.78. The van der Waals surface area contributed by atoms with Gasteiger partial charge in [-0.15, -0.1) is 0 Å². The summed E-state index contributed by atoms with van der Waals surface area (Å²) in [6.07, 6.45) is 0. The van der Waals surface area contributed by atoms with Crippen molar-refractivity contribution in [3.8, 4) is 44.5 Å². The molecule has 9 aromatic rings. The van der Waals surface area contributed by atoms with E-state index in [0.29, 0.717) is 0 Å².